The molecule has 2 aliphatic heterocycles. The fraction of sp³-hybridized carbons (Fsp3) is 0.438. The number of methoxy groups -OCH3 is 1. The van der Waals surface area contributed by atoms with E-state index in [4.69, 9.17) is 26.4 Å². The lowest BCUT2D eigenvalue weighted by Crippen LogP contribution is -2.37. The van der Waals surface area contributed by atoms with E-state index in [-0.39, 0.29) is 17.9 Å². The van der Waals surface area contributed by atoms with Crippen LogP contribution in [0.4, 0.5) is 0 Å². The third kappa shape index (κ3) is 2.38. The summed E-state index contributed by atoms with van der Waals surface area (Å²) in [6.07, 6.45) is -0.592. The molecule has 1 aromatic carbocycles. The van der Waals surface area contributed by atoms with Crippen molar-refractivity contribution in [3.8, 4) is 17.1 Å². The minimum absolute atomic E-state index is 0.0627. The molecule has 0 radical (unpaired) electrons. The molecular formula is C16H17N3O4S. The number of nitrogens with zero attached hydrogens (tertiary/aromatic N) is 3. The van der Waals surface area contributed by atoms with Gasteiger partial charge < -0.3 is 18.8 Å². The molecule has 0 saturated carbocycles. The van der Waals surface area contributed by atoms with E-state index >= 15 is 0 Å². The molecule has 2 saturated heterocycles. The van der Waals surface area contributed by atoms with Crippen molar-refractivity contribution in [3.63, 3.8) is 0 Å². The first-order valence-corrected chi connectivity index (χ1v) is 8.09. The van der Waals surface area contributed by atoms with Crippen molar-refractivity contribution < 1.29 is 19.0 Å². The number of hydrogen-bond acceptors (Lipinski definition) is 6. The molecule has 2 fully saturated rings. The molecule has 4 rings (SSSR count). The fourth-order valence-corrected chi connectivity index (χ4v) is 3.39. The van der Waals surface area contributed by atoms with Crippen LogP contribution in [-0.2, 0) is 21.3 Å². The van der Waals surface area contributed by atoms with Crippen LogP contribution >= 0.6 is 12.2 Å². The average molecular weight is 347 g/mol. The molecule has 2 aromatic rings. The minimum Gasteiger partial charge on any atom is -0.497 e. The van der Waals surface area contributed by atoms with Crippen molar-refractivity contribution in [2.45, 2.75) is 24.9 Å². The van der Waals surface area contributed by atoms with Crippen molar-refractivity contribution in [2.24, 2.45) is 7.05 Å². The highest BCUT2D eigenvalue weighted by Gasteiger charge is 2.45. The Labute approximate surface area is 143 Å². The van der Waals surface area contributed by atoms with Gasteiger partial charge >= 0.3 is 0 Å². The highest BCUT2D eigenvalue weighted by atomic mass is 32.1. The Morgan fingerprint density at radius 2 is 2.08 bits per heavy atom. The lowest BCUT2D eigenvalue weighted by atomic mass is 10.0. The summed E-state index contributed by atoms with van der Waals surface area (Å²) >= 11 is 5.53. The molecule has 0 amide bonds. The lowest BCUT2D eigenvalue weighted by molar-refractivity contribution is -0.156. The van der Waals surface area contributed by atoms with E-state index in [0.29, 0.717) is 17.8 Å². The summed E-state index contributed by atoms with van der Waals surface area (Å²) < 4.78 is 20.3. The molecule has 126 valence electrons. The maximum atomic E-state index is 12.0. The number of benzene rings is 1. The first-order chi connectivity index (χ1) is 11.6. The van der Waals surface area contributed by atoms with Crippen molar-refractivity contribution in [1.29, 1.82) is 0 Å². The highest BCUT2D eigenvalue weighted by molar-refractivity contribution is 7.71. The second-order valence-electron chi connectivity index (χ2n) is 5.92. The number of aromatic nitrogens is 3. The van der Waals surface area contributed by atoms with Crippen LogP contribution in [-0.4, -0.2) is 46.2 Å². The first-order valence-electron chi connectivity index (χ1n) is 7.68. The number of rotatable bonds is 3. The number of Topliss-reactive ketones (excluding diaryl/α,β-unsaturated/α-hetero) is 1. The molecule has 3 heterocycles. The number of carbonyl (C=O) groups is 1. The van der Waals surface area contributed by atoms with Gasteiger partial charge in [0.05, 0.1) is 19.8 Å². The number of fused-ring (bicyclic) bond motifs is 2. The maximum absolute atomic E-state index is 12.0. The Morgan fingerprint density at radius 3 is 2.79 bits per heavy atom. The molecule has 3 atom stereocenters. The van der Waals surface area contributed by atoms with Crippen LogP contribution < -0.4 is 4.74 Å². The Hall–Kier alpha value is -2.03. The predicted molar refractivity (Wildman–Crippen MR) is 87.3 cm³/mol. The van der Waals surface area contributed by atoms with Gasteiger partial charge in [0, 0.05) is 19.0 Å². The zero-order chi connectivity index (χ0) is 16.8. The van der Waals surface area contributed by atoms with Gasteiger partial charge in [0.2, 0.25) is 6.29 Å². The summed E-state index contributed by atoms with van der Waals surface area (Å²) in [4.78, 5) is 12.0. The minimum atomic E-state index is -0.717. The molecule has 7 nitrogen and oxygen atoms in total. The van der Waals surface area contributed by atoms with E-state index in [9.17, 15) is 4.79 Å². The Kier molecular flexibility index (Phi) is 3.75. The van der Waals surface area contributed by atoms with Crippen LogP contribution in [0.5, 0.6) is 5.75 Å². The van der Waals surface area contributed by atoms with Gasteiger partial charge in [-0.05, 0) is 36.5 Å². The van der Waals surface area contributed by atoms with Crippen molar-refractivity contribution in [2.75, 3.05) is 13.7 Å². The summed E-state index contributed by atoms with van der Waals surface area (Å²) in [5.74, 6) is 1.45. The van der Waals surface area contributed by atoms with Gasteiger partial charge in [0.25, 0.3) is 0 Å². The van der Waals surface area contributed by atoms with Gasteiger partial charge in [-0.1, -0.05) is 0 Å². The summed E-state index contributed by atoms with van der Waals surface area (Å²) in [5.41, 5.74) is 0.923. The third-order valence-corrected chi connectivity index (χ3v) is 4.94. The Bertz CT molecular complexity index is 842. The molecule has 0 N–H and O–H groups in total. The zero-order valence-electron chi connectivity index (χ0n) is 13.3. The van der Waals surface area contributed by atoms with Gasteiger partial charge in [-0.2, -0.15) is 5.10 Å². The summed E-state index contributed by atoms with van der Waals surface area (Å²) in [6.45, 7) is 0.386. The molecule has 0 spiro atoms. The Morgan fingerprint density at radius 1 is 1.33 bits per heavy atom. The average Bonchev–Trinajstić information content (AvgIpc) is 3.16. The summed E-state index contributed by atoms with van der Waals surface area (Å²) in [7, 11) is 3.49. The monoisotopic (exact) mass is 347 g/mol. The predicted octanol–water partition coefficient (Wildman–Crippen LogP) is 1.88. The molecule has 0 aliphatic carbocycles. The molecule has 24 heavy (non-hydrogen) atoms. The second-order valence-corrected chi connectivity index (χ2v) is 6.28. The standard InChI is InChI=1S/C16H17N3O4S/c1-18-14(9-3-5-10(21-2)6-4-9)17-19(16(18)24)11-7-12(20)15-22-8-13(11)23-15/h3-6,11,13,15H,7-8H2,1-2H3/t11-,13-,15-/m0/s1. The maximum Gasteiger partial charge on any atom is 0.218 e. The van der Waals surface area contributed by atoms with Gasteiger partial charge in [0.1, 0.15) is 11.9 Å². The lowest BCUT2D eigenvalue weighted by Gasteiger charge is -2.26. The van der Waals surface area contributed by atoms with Crippen LogP contribution in [0.1, 0.15) is 12.5 Å². The van der Waals surface area contributed by atoms with Gasteiger partial charge in [-0.3, -0.25) is 4.79 Å². The highest BCUT2D eigenvalue weighted by Crippen LogP contribution is 2.33. The summed E-state index contributed by atoms with van der Waals surface area (Å²) in [5, 5.41) is 4.66. The van der Waals surface area contributed by atoms with Crippen molar-refractivity contribution >= 4 is 18.0 Å². The topological polar surface area (TPSA) is 67.5 Å². The quantitative estimate of drug-likeness (QED) is 0.790. The zero-order valence-corrected chi connectivity index (χ0v) is 14.2. The number of hydrogen-bond donors (Lipinski definition) is 0. The smallest absolute Gasteiger partial charge is 0.218 e. The molecule has 0 unspecified atom stereocenters. The van der Waals surface area contributed by atoms with Crippen LogP contribution in [0.3, 0.4) is 0 Å². The van der Waals surface area contributed by atoms with E-state index < -0.39 is 6.29 Å². The van der Waals surface area contributed by atoms with Crippen LogP contribution in [0, 0.1) is 4.77 Å². The number of ketones is 1. The van der Waals surface area contributed by atoms with E-state index in [1.165, 1.54) is 0 Å². The van der Waals surface area contributed by atoms with Gasteiger partial charge in [-0.25, -0.2) is 4.68 Å². The molecule has 8 heteroatoms. The van der Waals surface area contributed by atoms with Crippen molar-refractivity contribution in [1.82, 2.24) is 14.3 Å². The number of carbonyl (C=O) groups excluding carboxylic acids is 1. The fourth-order valence-electron chi connectivity index (χ4n) is 3.13. The van der Waals surface area contributed by atoms with E-state index in [1.54, 1.807) is 11.8 Å². The molecular weight excluding hydrogens is 330 g/mol. The normalized spacial score (nSPS) is 25.9. The van der Waals surface area contributed by atoms with E-state index in [0.717, 1.165) is 17.1 Å². The summed E-state index contributed by atoms with van der Waals surface area (Å²) in [6, 6.07) is 7.37. The SMILES string of the molecule is COc1ccc(-c2nn([C@H]3CC(=O)[C@H]4OC[C@@H]3O4)c(=S)n2C)cc1. The van der Waals surface area contributed by atoms with Crippen LogP contribution in [0.15, 0.2) is 24.3 Å². The molecule has 2 bridgehead atoms. The molecule has 2 aliphatic rings. The second kappa shape index (κ2) is 5.80. The van der Waals surface area contributed by atoms with Crippen LogP contribution in [0.2, 0.25) is 0 Å². The molecule has 1 aromatic heterocycles. The first kappa shape index (κ1) is 15.5. The Balaban J connectivity index is 1.73. The van der Waals surface area contributed by atoms with Crippen molar-refractivity contribution in [3.05, 3.63) is 29.0 Å². The van der Waals surface area contributed by atoms with Crippen LogP contribution in [0.25, 0.3) is 11.4 Å². The largest absolute Gasteiger partial charge is 0.497 e. The third-order valence-electron chi connectivity index (χ3n) is 4.48. The number of ether oxygens (including phenoxy) is 3. The van der Waals surface area contributed by atoms with Gasteiger partial charge in [-0.15, -0.1) is 0 Å². The van der Waals surface area contributed by atoms with Gasteiger partial charge in [0.15, 0.2) is 16.4 Å². The van der Waals surface area contributed by atoms with E-state index in [1.807, 2.05) is 35.9 Å². The van der Waals surface area contributed by atoms with E-state index in [2.05, 4.69) is 5.10 Å².